The highest BCUT2D eigenvalue weighted by molar-refractivity contribution is 6.06. The van der Waals surface area contributed by atoms with Crippen molar-refractivity contribution < 1.29 is 9.59 Å². The molecule has 0 aromatic carbocycles. The van der Waals surface area contributed by atoms with Crippen molar-refractivity contribution >= 4 is 24.3 Å². The molecule has 5 nitrogen and oxygen atoms in total. The minimum absolute atomic E-state index is 0. The second-order valence-electron chi connectivity index (χ2n) is 2.44. The number of rotatable bonds is 1. The van der Waals surface area contributed by atoms with E-state index in [2.05, 4.69) is 10.6 Å². The molecule has 6 heteroatoms. The molecule has 1 saturated heterocycles. The quantitative estimate of drug-likeness (QED) is 0.450. The summed E-state index contributed by atoms with van der Waals surface area (Å²) in [5, 5.41) is 4.49. The van der Waals surface area contributed by atoms with E-state index >= 15 is 0 Å². The third kappa shape index (κ3) is 1.61. The summed E-state index contributed by atoms with van der Waals surface area (Å²) in [6, 6.07) is -0.474. The van der Waals surface area contributed by atoms with Gasteiger partial charge in [0.15, 0.2) is 0 Å². The lowest BCUT2D eigenvalue weighted by Crippen LogP contribution is -2.49. The molecular formula is C5H10ClN3O2. The number of carbonyl (C=O) groups is 2. The van der Waals surface area contributed by atoms with Gasteiger partial charge in [0.25, 0.3) is 5.91 Å². The third-order valence-corrected chi connectivity index (χ3v) is 1.53. The van der Waals surface area contributed by atoms with E-state index < -0.39 is 11.6 Å². The van der Waals surface area contributed by atoms with E-state index in [1.54, 1.807) is 6.92 Å². The zero-order chi connectivity index (χ0) is 7.78. The standard InChI is InChI=1S/C5H9N3O2.ClH/c1-5(2-6)3(9)7-4(10)8-5;/h2,6H2,1H3,(H2,7,8,9,10);1H. The molecule has 1 heterocycles. The first-order valence-electron chi connectivity index (χ1n) is 2.92. The van der Waals surface area contributed by atoms with Gasteiger partial charge < -0.3 is 11.1 Å². The molecule has 1 rings (SSSR count). The summed E-state index contributed by atoms with van der Waals surface area (Å²) in [5.74, 6) is -0.361. The maximum absolute atomic E-state index is 10.9. The van der Waals surface area contributed by atoms with E-state index in [-0.39, 0.29) is 24.9 Å². The second kappa shape index (κ2) is 3.06. The Morgan fingerprint density at radius 1 is 1.55 bits per heavy atom. The van der Waals surface area contributed by atoms with Crippen LogP contribution in [0.1, 0.15) is 6.92 Å². The van der Waals surface area contributed by atoms with Crippen molar-refractivity contribution in [3.63, 3.8) is 0 Å². The van der Waals surface area contributed by atoms with Crippen LogP contribution in [0, 0.1) is 0 Å². The maximum atomic E-state index is 10.9. The Labute approximate surface area is 70.1 Å². The largest absolute Gasteiger partial charge is 0.328 e. The molecule has 4 N–H and O–H groups in total. The molecule has 1 aliphatic heterocycles. The van der Waals surface area contributed by atoms with Crippen molar-refractivity contribution in [1.82, 2.24) is 10.6 Å². The van der Waals surface area contributed by atoms with Gasteiger partial charge in [0, 0.05) is 6.54 Å². The summed E-state index contributed by atoms with van der Waals surface area (Å²) in [6.45, 7) is 1.69. The first kappa shape index (κ1) is 10.2. The van der Waals surface area contributed by atoms with E-state index in [1.165, 1.54) is 0 Å². The summed E-state index contributed by atoms with van der Waals surface area (Å²) < 4.78 is 0. The van der Waals surface area contributed by atoms with E-state index in [1.807, 2.05) is 0 Å². The zero-order valence-electron chi connectivity index (χ0n) is 6.01. The summed E-state index contributed by atoms with van der Waals surface area (Å²) in [6.07, 6.45) is 0. The van der Waals surface area contributed by atoms with Gasteiger partial charge in [0.05, 0.1) is 0 Å². The zero-order valence-corrected chi connectivity index (χ0v) is 6.83. The van der Waals surface area contributed by atoms with Crippen LogP contribution in [0.15, 0.2) is 0 Å². The predicted octanol–water partition coefficient (Wildman–Crippen LogP) is -1.03. The number of amides is 3. The smallest absolute Gasteiger partial charge is 0.322 e. The summed E-state index contributed by atoms with van der Waals surface area (Å²) in [5.41, 5.74) is 4.34. The highest BCUT2D eigenvalue weighted by atomic mass is 35.5. The number of hydrogen-bond acceptors (Lipinski definition) is 3. The van der Waals surface area contributed by atoms with Crippen molar-refractivity contribution in [2.75, 3.05) is 6.54 Å². The Morgan fingerprint density at radius 3 is 2.27 bits per heavy atom. The molecule has 11 heavy (non-hydrogen) atoms. The summed E-state index contributed by atoms with van der Waals surface area (Å²) >= 11 is 0. The van der Waals surface area contributed by atoms with E-state index in [9.17, 15) is 9.59 Å². The van der Waals surface area contributed by atoms with Crippen LogP contribution in [0.25, 0.3) is 0 Å². The molecule has 3 amide bonds. The predicted molar refractivity (Wildman–Crippen MR) is 41.4 cm³/mol. The lowest BCUT2D eigenvalue weighted by Gasteiger charge is -2.16. The SMILES string of the molecule is CC1(CN)NC(=O)NC1=O.Cl. The number of nitrogens with one attached hydrogen (secondary N) is 2. The average molecular weight is 180 g/mol. The first-order chi connectivity index (χ1) is 4.58. The number of carbonyl (C=O) groups excluding carboxylic acids is 2. The van der Waals surface area contributed by atoms with Crippen LogP contribution >= 0.6 is 12.4 Å². The summed E-state index contributed by atoms with van der Waals surface area (Å²) in [4.78, 5) is 21.4. The normalized spacial score (nSPS) is 28.9. The van der Waals surface area contributed by atoms with Gasteiger partial charge >= 0.3 is 6.03 Å². The Morgan fingerprint density at radius 2 is 2.09 bits per heavy atom. The molecule has 0 bridgehead atoms. The van der Waals surface area contributed by atoms with Gasteiger partial charge in [0.2, 0.25) is 0 Å². The molecule has 0 radical (unpaired) electrons. The van der Waals surface area contributed by atoms with Crippen LogP contribution in [-0.4, -0.2) is 24.0 Å². The minimum atomic E-state index is -0.906. The molecule has 1 unspecified atom stereocenters. The molecule has 0 saturated carbocycles. The number of hydrogen-bond donors (Lipinski definition) is 3. The van der Waals surface area contributed by atoms with Crippen LogP contribution in [0.2, 0.25) is 0 Å². The number of nitrogens with two attached hydrogens (primary N) is 1. The lowest BCUT2D eigenvalue weighted by atomic mass is 10.0. The van der Waals surface area contributed by atoms with Crippen molar-refractivity contribution in [2.45, 2.75) is 12.5 Å². The molecule has 1 fully saturated rings. The monoisotopic (exact) mass is 179 g/mol. The molecule has 1 aliphatic rings. The van der Waals surface area contributed by atoms with Gasteiger partial charge in [0.1, 0.15) is 5.54 Å². The van der Waals surface area contributed by atoms with E-state index in [0.717, 1.165) is 0 Å². The van der Waals surface area contributed by atoms with Gasteiger partial charge in [-0.15, -0.1) is 12.4 Å². The van der Waals surface area contributed by atoms with Gasteiger partial charge in [-0.25, -0.2) is 4.79 Å². The number of urea groups is 1. The topological polar surface area (TPSA) is 84.2 Å². The van der Waals surface area contributed by atoms with Gasteiger partial charge in [-0.2, -0.15) is 0 Å². The fourth-order valence-corrected chi connectivity index (χ4v) is 0.723. The maximum Gasteiger partial charge on any atom is 0.322 e. The fraction of sp³-hybridized carbons (Fsp3) is 0.600. The Bertz CT molecular complexity index is 196. The molecule has 0 aromatic heterocycles. The number of imide groups is 1. The first-order valence-corrected chi connectivity index (χ1v) is 2.92. The molecule has 64 valence electrons. The summed E-state index contributed by atoms with van der Waals surface area (Å²) in [7, 11) is 0. The Kier molecular flexibility index (Phi) is 2.84. The molecule has 0 spiro atoms. The highest BCUT2D eigenvalue weighted by Crippen LogP contribution is 2.05. The minimum Gasteiger partial charge on any atom is -0.328 e. The lowest BCUT2D eigenvalue weighted by molar-refractivity contribution is -0.123. The average Bonchev–Trinajstić information content (AvgIpc) is 2.09. The van der Waals surface area contributed by atoms with Gasteiger partial charge in [-0.3, -0.25) is 10.1 Å². The molecular weight excluding hydrogens is 170 g/mol. The fourth-order valence-electron chi connectivity index (χ4n) is 0.723. The van der Waals surface area contributed by atoms with Gasteiger partial charge in [-0.1, -0.05) is 0 Å². The highest BCUT2D eigenvalue weighted by Gasteiger charge is 2.40. The Hall–Kier alpha value is -0.810. The van der Waals surface area contributed by atoms with Gasteiger partial charge in [-0.05, 0) is 6.92 Å². The van der Waals surface area contributed by atoms with E-state index in [4.69, 9.17) is 5.73 Å². The second-order valence-corrected chi connectivity index (χ2v) is 2.44. The van der Waals surface area contributed by atoms with Crippen LogP contribution in [0.4, 0.5) is 4.79 Å². The molecule has 1 atom stereocenters. The van der Waals surface area contributed by atoms with Crippen LogP contribution in [-0.2, 0) is 4.79 Å². The van der Waals surface area contributed by atoms with Crippen molar-refractivity contribution in [3.8, 4) is 0 Å². The van der Waals surface area contributed by atoms with Crippen molar-refractivity contribution in [1.29, 1.82) is 0 Å². The Balaban J connectivity index is 0.000001000. The van der Waals surface area contributed by atoms with Crippen LogP contribution in [0.5, 0.6) is 0 Å². The van der Waals surface area contributed by atoms with Crippen molar-refractivity contribution in [2.24, 2.45) is 5.73 Å². The number of halogens is 1. The molecule has 0 aromatic rings. The van der Waals surface area contributed by atoms with Crippen molar-refractivity contribution in [3.05, 3.63) is 0 Å². The third-order valence-electron chi connectivity index (χ3n) is 1.53. The van der Waals surface area contributed by atoms with Crippen LogP contribution in [0.3, 0.4) is 0 Å². The van der Waals surface area contributed by atoms with Crippen LogP contribution < -0.4 is 16.4 Å². The van der Waals surface area contributed by atoms with E-state index in [0.29, 0.717) is 0 Å². The molecule has 0 aliphatic carbocycles.